The molecule has 0 radical (unpaired) electrons. The van der Waals surface area contributed by atoms with Crippen LogP contribution in [0, 0.1) is 5.92 Å². The number of rotatable bonds is 5. The van der Waals surface area contributed by atoms with Gasteiger partial charge in [0.25, 0.3) is 5.91 Å². The van der Waals surface area contributed by atoms with Crippen LogP contribution in [-0.4, -0.2) is 48.5 Å². The van der Waals surface area contributed by atoms with Gasteiger partial charge in [-0.2, -0.15) is 0 Å². The van der Waals surface area contributed by atoms with E-state index in [9.17, 15) is 14.4 Å². The van der Waals surface area contributed by atoms with Crippen molar-refractivity contribution in [3.8, 4) is 0 Å². The quantitative estimate of drug-likeness (QED) is 0.594. The average molecular weight is 401 g/mol. The van der Waals surface area contributed by atoms with E-state index >= 15 is 0 Å². The second-order valence-electron chi connectivity index (χ2n) is 6.64. The molecule has 1 aliphatic rings. The molecule has 0 aliphatic carbocycles. The van der Waals surface area contributed by atoms with Crippen LogP contribution in [0.5, 0.6) is 0 Å². The zero-order valence-corrected chi connectivity index (χ0v) is 16.5. The third-order valence-corrected chi connectivity index (χ3v) is 5.48. The normalized spacial score (nSPS) is 14.5. The van der Waals surface area contributed by atoms with Crippen LogP contribution in [0.15, 0.2) is 52.2 Å². The highest BCUT2D eigenvalue weighted by atomic mass is 32.2. The summed E-state index contributed by atoms with van der Waals surface area (Å²) in [5.74, 6) is -1.12. The van der Waals surface area contributed by atoms with Crippen molar-refractivity contribution < 1.29 is 18.8 Å². The van der Waals surface area contributed by atoms with E-state index in [-0.39, 0.29) is 11.8 Å². The molecule has 0 bridgehead atoms. The second kappa shape index (κ2) is 9.45. The van der Waals surface area contributed by atoms with Crippen molar-refractivity contribution in [3.05, 3.63) is 48.4 Å². The van der Waals surface area contributed by atoms with E-state index in [0.717, 1.165) is 17.7 Å². The van der Waals surface area contributed by atoms with Gasteiger partial charge in [-0.1, -0.05) is 6.07 Å². The van der Waals surface area contributed by atoms with Gasteiger partial charge in [0.1, 0.15) is 6.26 Å². The van der Waals surface area contributed by atoms with E-state index in [1.807, 2.05) is 24.5 Å². The minimum Gasteiger partial charge on any atom is -0.472 e. The SMILES string of the molecule is CSc1cccc(NC(=O)C(=O)NCC2CCN(C(=O)c3ccoc3)CC2)c1. The van der Waals surface area contributed by atoms with Crippen LogP contribution in [0.4, 0.5) is 5.69 Å². The van der Waals surface area contributed by atoms with Crippen LogP contribution in [0.2, 0.25) is 0 Å². The van der Waals surface area contributed by atoms with Gasteiger partial charge in [0.05, 0.1) is 11.8 Å². The zero-order chi connectivity index (χ0) is 19.9. The number of amides is 3. The lowest BCUT2D eigenvalue weighted by Gasteiger charge is -2.31. The molecule has 2 aromatic rings. The Morgan fingerprint density at radius 3 is 2.64 bits per heavy atom. The maximum Gasteiger partial charge on any atom is 0.313 e. The Balaban J connectivity index is 1.41. The summed E-state index contributed by atoms with van der Waals surface area (Å²) in [7, 11) is 0. The van der Waals surface area contributed by atoms with Crippen molar-refractivity contribution in [1.82, 2.24) is 10.2 Å². The van der Waals surface area contributed by atoms with Crippen molar-refractivity contribution in [2.45, 2.75) is 17.7 Å². The van der Waals surface area contributed by atoms with E-state index in [4.69, 9.17) is 4.42 Å². The summed E-state index contributed by atoms with van der Waals surface area (Å²) in [5, 5.41) is 5.31. The maximum atomic E-state index is 12.3. The monoisotopic (exact) mass is 401 g/mol. The lowest BCUT2D eigenvalue weighted by Crippen LogP contribution is -2.43. The Hall–Kier alpha value is -2.74. The molecule has 2 N–H and O–H groups in total. The Kier molecular flexibility index (Phi) is 6.76. The Morgan fingerprint density at radius 1 is 1.18 bits per heavy atom. The summed E-state index contributed by atoms with van der Waals surface area (Å²) >= 11 is 1.56. The second-order valence-corrected chi connectivity index (χ2v) is 7.52. The number of benzene rings is 1. The molecule has 3 rings (SSSR count). The minimum atomic E-state index is -0.675. The fourth-order valence-corrected chi connectivity index (χ4v) is 3.57. The number of carbonyl (C=O) groups excluding carboxylic acids is 3. The molecule has 0 saturated carbocycles. The molecule has 1 saturated heterocycles. The van der Waals surface area contributed by atoms with Crippen molar-refractivity contribution in [1.29, 1.82) is 0 Å². The van der Waals surface area contributed by atoms with Crippen LogP contribution < -0.4 is 10.6 Å². The van der Waals surface area contributed by atoms with Crippen LogP contribution in [0.3, 0.4) is 0 Å². The first-order valence-corrected chi connectivity index (χ1v) is 10.3. The molecule has 1 aromatic carbocycles. The molecule has 8 heteroatoms. The van der Waals surface area contributed by atoms with E-state index in [1.165, 1.54) is 12.5 Å². The van der Waals surface area contributed by atoms with Crippen LogP contribution in [0.25, 0.3) is 0 Å². The van der Waals surface area contributed by atoms with Crippen molar-refractivity contribution in [2.75, 3.05) is 31.2 Å². The minimum absolute atomic E-state index is 0.0388. The number of nitrogens with one attached hydrogen (secondary N) is 2. The van der Waals surface area contributed by atoms with E-state index in [2.05, 4.69) is 10.6 Å². The van der Waals surface area contributed by atoms with Gasteiger partial charge in [0, 0.05) is 30.2 Å². The summed E-state index contributed by atoms with van der Waals surface area (Å²) < 4.78 is 4.96. The molecule has 1 fully saturated rings. The molecule has 1 aliphatic heterocycles. The number of furan rings is 1. The Morgan fingerprint density at radius 2 is 1.96 bits per heavy atom. The number of hydrogen-bond donors (Lipinski definition) is 2. The highest BCUT2D eigenvalue weighted by molar-refractivity contribution is 7.98. The molecule has 3 amide bonds. The van der Waals surface area contributed by atoms with Gasteiger partial charge in [0.15, 0.2) is 0 Å². The predicted molar refractivity (Wildman–Crippen MR) is 107 cm³/mol. The number of hydrogen-bond acceptors (Lipinski definition) is 5. The fourth-order valence-electron chi connectivity index (χ4n) is 3.11. The Labute approximate surface area is 167 Å². The third kappa shape index (κ3) is 5.16. The lowest BCUT2D eigenvalue weighted by atomic mass is 9.96. The fraction of sp³-hybridized carbons (Fsp3) is 0.350. The van der Waals surface area contributed by atoms with Gasteiger partial charge < -0.3 is 20.0 Å². The molecule has 2 heterocycles. The summed E-state index contributed by atoms with van der Waals surface area (Å²) in [6, 6.07) is 8.99. The van der Waals surface area contributed by atoms with Crippen LogP contribution in [0.1, 0.15) is 23.2 Å². The average Bonchev–Trinajstić information content (AvgIpc) is 3.27. The summed E-state index contributed by atoms with van der Waals surface area (Å²) in [6.45, 7) is 1.67. The van der Waals surface area contributed by atoms with Gasteiger partial charge >= 0.3 is 11.8 Å². The molecular formula is C20H23N3O4S. The first-order valence-electron chi connectivity index (χ1n) is 9.11. The number of anilines is 1. The first-order chi connectivity index (χ1) is 13.6. The van der Waals surface area contributed by atoms with E-state index in [1.54, 1.807) is 28.8 Å². The number of nitrogens with zero attached hydrogens (tertiary/aromatic N) is 1. The van der Waals surface area contributed by atoms with E-state index < -0.39 is 11.8 Å². The first kappa shape index (κ1) is 20.0. The maximum absolute atomic E-state index is 12.3. The number of piperidine rings is 1. The van der Waals surface area contributed by atoms with Gasteiger partial charge in [-0.15, -0.1) is 11.8 Å². The molecule has 7 nitrogen and oxygen atoms in total. The van der Waals surface area contributed by atoms with Crippen LogP contribution >= 0.6 is 11.8 Å². The van der Waals surface area contributed by atoms with Gasteiger partial charge in [-0.25, -0.2) is 0 Å². The summed E-state index contributed by atoms with van der Waals surface area (Å²) in [5.41, 5.74) is 1.15. The number of likely N-dealkylation sites (tertiary alicyclic amines) is 1. The Bertz CT molecular complexity index is 830. The lowest BCUT2D eigenvalue weighted by molar-refractivity contribution is -0.136. The standard InChI is InChI=1S/C20H23N3O4S/c1-28-17-4-2-3-16(11-17)22-19(25)18(24)21-12-14-5-8-23(9-6-14)20(26)15-7-10-27-13-15/h2-4,7,10-11,13-14H,5-6,8-9,12H2,1H3,(H,21,24)(H,22,25). The highest BCUT2D eigenvalue weighted by Crippen LogP contribution is 2.20. The van der Waals surface area contributed by atoms with Crippen molar-refractivity contribution >= 4 is 35.2 Å². The highest BCUT2D eigenvalue weighted by Gasteiger charge is 2.25. The smallest absolute Gasteiger partial charge is 0.313 e. The summed E-state index contributed by atoms with van der Waals surface area (Å²) in [6.07, 6.45) is 6.43. The molecule has 0 spiro atoms. The molecule has 1 aromatic heterocycles. The van der Waals surface area contributed by atoms with Gasteiger partial charge in [-0.05, 0) is 49.3 Å². The molecule has 0 unspecified atom stereocenters. The largest absolute Gasteiger partial charge is 0.472 e. The predicted octanol–water partition coefficient (Wildman–Crippen LogP) is 2.61. The van der Waals surface area contributed by atoms with Crippen LogP contribution in [-0.2, 0) is 9.59 Å². The van der Waals surface area contributed by atoms with Crippen molar-refractivity contribution in [3.63, 3.8) is 0 Å². The molecule has 0 atom stereocenters. The van der Waals surface area contributed by atoms with Crippen molar-refractivity contribution in [2.24, 2.45) is 5.92 Å². The third-order valence-electron chi connectivity index (χ3n) is 4.75. The van der Waals surface area contributed by atoms with Gasteiger partial charge in [-0.3, -0.25) is 14.4 Å². The van der Waals surface area contributed by atoms with E-state index in [0.29, 0.717) is 30.9 Å². The number of carbonyl (C=O) groups is 3. The van der Waals surface area contributed by atoms with Gasteiger partial charge in [0.2, 0.25) is 0 Å². The molecule has 148 valence electrons. The zero-order valence-electron chi connectivity index (χ0n) is 15.6. The molecule has 28 heavy (non-hydrogen) atoms. The number of thioether (sulfide) groups is 1. The molecular weight excluding hydrogens is 378 g/mol. The topological polar surface area (TPSA) is 91.7 Å². The summed E-state index contributed by atoms with van der Waals surface area (Å²) in [4.78, 5) is 39.2.